The molecule has 0 atom stereocenters. The second-order valence-corrected chi connectivity index (χ2v) is 5.48. The van der Waals surface area contributed by atoms with Crippen LogP contribution >= 0.6 is 0 Å². The molecule has 25 heavy (non-hydrogen) atoms. The standard InChI is InChI=1S/C19H19F3O3/c1-13(12-25-17-8-9-18(23-3)14(2)10-17)11-24-16-6-4-15(5-7-16)19(20,21)22/h4-10H,1,11-12H2,2-3H3. The van der Waals surface area contributed by atoms with E-state index in [1.165, 1.54) is 12.1 Å². The Balaban J connectivity index is 1.82. The lowest BCUT2D eigenvalue weighted by molar-refractivity contribution is -0.137. The van der Waals surface area contributed by atoms with Crippen LogP contribution < -0.4 is 14.2 Å². The van der Waals surface area contributed by atoms with Crippen molar-refractivity contribution in [1.82, 2.24) is 0 Å². The van der Waals surface area contributed by atoms with Crippen molar-refractivity contribution in [2.24, 2.45) is 0 Å². The fraction of sp³-hybridized carbons (Fsp3) is 0.263. The van der Waals surface area contributed by atoms with Crippen LogP contribution in [-0.4, -0.2) is 20.3 Å². The van der Waals surface area contributed by atoms with Gasteiger partial charge >= 0.3 is 6.18 Å². The van der Waals surface area contributed by atoms with E-state index in [1.807, 2.05) is 19.1 Å². The Morgan fingerprint density at radius 1 is 0.960 bits per heavy atom. The quantitative estimate of drug-likeness (QED) is 0.654. The molecule has 0 unspecified atom stereocenters. The largest absolute Gasteiger partial charge is 0.496 e. The normalized spacial score (nSPS) is 11.1. The number of alkyl halides is 3. The number of benzene rings is 2. The van der Waals surface area contributed by atoms with Crippen molar-refractivity contribution in [3.05, 3.63) is 65.7 Å². The van der Waals surface area contributed by atoms with Gasteiger partial charge in [-0.05, 0) is 60.5 Å². The number of methoxy groups -OCH3 is 1. The van der Waals surface area contributed by atoms with Crippen LogP contribution in [0.2, 0.25) is 0 Å². The first-order valence-electron chi connectivity index (χ1n) is 7.53. The lowest BCUT2D eigenvalue weighted by Crippen LogP contribution is -2.09. The first-order valence-corrected chi connectivity index (χ1v) is 7.53. The maximum Gasteiger partial charge on any atom is 0.416 e. The molecule has 0 aromatic heterocycles. The maximum absolute atomic E-state index is 12.5. The minimum atomic E-state index is -4.35. The van der Waals surface area contributed by atoms with Crippen molar-refractivity contribution < 1.29 is 27.4 Å². The van der Waals surface area contributed by atoms with Crippen molar-refractivity contribution in [2.75, 3.05) is 20.3 Å². The Bertz CT molecular complexity index is 722. The summed E-state index contributed by atoms with van der Waals surface area (Å²) in [7, 11) is 1.60. The van der Waals surface area contributed by atoms with E-state index < -0.39 is 11.7 Å². The SMILES string of the molecule is C=C(COc1ccc(C(F)(F)F)cc1)COc1ccc(OC)c(C)c1. The highest BCUT2D eigenvalue weighted by atomic mass is 19.4. The molecule has 2 aromatic carbocycles. The van der Waals surface area contributed by atoms with E-state index in [2.05, 4.69) is 6.58 Å². The zero-order valence-electron chi connectivity index (χ0n) is 14.0. The molecule has 0 amide bonds. The number of hydrogen-bond acceptors (Lipinski definition) is 3. The second kappa shape index (κ2) is 7.96. The van der Waals surface area contributed by atoms with Gasteiger partial charge < -0.3 is 14.2 Å². The molecule has 2 rings (SSSR count). The minimum Gasteiger partial charge on any atom is -0.496 e. The fourth-order valence-corrected chi connectivity index (χ4v) is 2.09. The third-order valence-electron chi connectivity index (χ3n) is 3.43. The van der Waals surface area contributed by atoms with Gasteiger partial charge in [0.15, 0.2) is 0 Å². The monoisotopic (exact) mass is 352 g/mol. The number of halogens is 3. The van der Waals surface area contributed by atoms with E-state index in [0.717, 1.165) is 23.4 Å². The molecule has 2 aromatic rings. The van der Waals surface area contributed by atoms with Crippen LogP contribution in [0.4, 0.5) is 13.2 Å². The molecule has 0 bridgehead atoms. The molecule has 0 aliphatic rings. The lowest BCUT2D eigenvalue weighted by atomic mass is 10.2. The molecule has 0 N–H and O–H groups in total. The molecule has 0 aliphatic carbocycles. The summed E-state index contributed by atoms with van der Waals surface area (Å²) < 4.78 is 53.7. The number of ether oxygens (including phenoxy) is 3. The van der Waals surface area contributed by atoms with Crippen LogP contribution in [0.25, 0.3) is 0 Å². The van der Waals surface area contributed by atoms with Crippen molar-refractivity contribution >= 4 is 0 Å². The predicted molar refractivity (Wildman–Crippen MR) is 89.3 cm³/mol. The van der Waals surface area contributed by atoms with Gasteiger partial charge in [-0.1, -0.05) is 6.58 Å². The van der Waals surface area contributed by atoms with E-state index in [1.54, 1.807) is 13.2 Å². The Morgan fingerprint density at radius 2 is 1.52 bits per heavy atom. The Kier molecular flexibility index (Phi) is 5.96. The molecule has 0 saturated carbocycles. The van der Waals surface area contributed by atoms with Gasteiger partial charge in [-0.25, -0.2) is 0 Å². The van der Waals surface area contributed by atoms with Gasteiger partial charge in [0, 0.05) is 0 Å². The third kappa shape index (κ3) is 5.45. The fourth-order valence-electron chi connectivity index (χ4n) is 2.09. The molecule has 6 heteroatoms. The average Bonchev–Trinajstić information content (AvgIpc) is 2.58. The zero-order valence-corrected chi connectivity index (χ0v) is 14.0. The van der Waals surface area contributed by atoms with Gasteiger partial charge in [-0.3, -0.25) is 0 Å². The number of rotatable bonds is 7. The van der Waals surface area contributed by atoms with E-state index in [0.29, 0.717) is 17.1 Å². The molecule has 3 nitrogen and oxygen atoms in total. The summed E-state index contributed by atoms with van der Waals surface area (Å²) in [5.41, 5.74) is 0.900. The minimum absolute atomic E-state index is 0.153. The molecule has 0 saturated heterocycles. The first kappa shape index (κ1) is 18.7. The third-order valence-corrected chi connectivity index (χ3v) is 3.43. The highest BCUT2D eigenvalue weighted by molar-refractivity contribution is 5.39. The number of aryl methyl sites for hydroxylation is 1. The zero-order chi connectivity index (χ0) is 18.4. The van der Waals surface area contributed by atoms with Crippen LogP contribution in [0.15, 0.2) is 54.6 Å². The van der Waals surface area contributed by atoms with Gasteiger partial charge in [0.25, 0.3) is 0 Å². The Hall–Kier alpha value is -2.63. The van der Waals surface area contributed by atoms with Crippen LogP contribution in [0, 0.1) is 6.92 Å². The average molecular weight is 352 g/mol. The molecule has 0 heterocycles. The molecule has 0 fully saturated rings. The van der Waals surface area contributed by atoms with Crippen molar-refractivity contribution in [2.45, 2.75) is 13.1 Å². The van der Waals surface area contributed by atoms with E-state index in [-0.39, 0.29) is 13.2 Å². The summed E-state index contributed by atoms with van der Waals surface area (Å²) in [5.74, 6) is 1.79. The Labute approximate surface area is 144 Å². The summed E-state index contributed by atoms with van der Waals surface area (Å²) in [6.07, 6.45) is -4.35. The van der Waals surface area contributed by atoms with Crippen molar-refractivity contribution in [1.29, 1.82) is 0 Å². The van der Waals surface area contributed by atoms with Crippen LogP contribution in [0.1, 0.15) is 11.1 Å². The highest BCUT2D eigenvalue weighted by Crippen LogP contribution is 2.30. The van der Waals surface area contributed by atoms with Crippen molar-refractivity contribution in [3.63, 3.8) is 0 Å². The van der Waals surface area contributed by atoms with E-state index in [4.69, 9.17) is 14.2 Å². The van der Waals surface area contributed by atoms with Gasteiger partial charge in [0.1, 0.15) is 30.5 Å². The highest BCUT2D eigenvalue weighted by Gasteiger charge is 2.29. The molecule has 0 spiro atoms. The molecule has 0 radical (unpaired) electrons. The first-order chi connectivity index (χ1) is 11.8. The number of hydrogen-bond donors (Lipinski definition) is 0. The Morgan fingerprint density at radius 3 is 2.04 bits per heavy atom. The summed E-state index contributed by atoms with van der Waals surface area (Å²) in [5, 5.41) is 0. The molecule has 134 valence electrons. The second-order valence-electron chi connectivity index (χ2n) is 5.48. The molecule has 0 aliphatic heterocycles. The van der Waals surface area contributed by atoms with Gasteiger partial charge in [-0.2, -0.15) is 13.2 Å². The summed E-state index contributed by atoms with van der Waals surface area (Å²) in [6.45, 7) is 6.15. The summed E-state index contributed by atoms with van der Waals surface area (Å²) >= 11 is 0. The van der Waals surface area contributed by atoms with Crippen molar-refractivity contribution in [3.8, 4) is 17.2 Å². The van der Waals surface area contributed by atoms with E-state index in [9.17, 15) is 13.2 Å². The lowest BCUT2D eigenvalue weighted by Gasteiger charge is -2.12. The van der Waals surface area contributed by atoms with Crippen LogP contribution in [0.5, 0.6) is 17.2 Å². The molecular weight excluding hydrogens is 333 g/mol. The maximum atomic E-state index is 12.5. The van der Waals surface area contributed by atoms with Gasteiger partial charge in [0.2, 0.25) is 0 Å². The van der Waals surface area contributed by atoms with Gasteiger partial charge in [0.05, 0.1) is 12.7 Å². The smallest absolute Gasteiger partial charge is 0.416 e. The van der Waals surface area contributed by atoms with E-state index >= 15 is 0 Å². The molecular formula is C19H19F3O3. The van der Waals surface area contributed by atoms with Crippen LogP contribution in [-0.2, 0) is 6.18 Å². The summed E-state index contributed by atoms with van der Waals surface area (Å²) in [6, 6.07) is 9.97. The topological polar surface area (TPSA) is 27.7 Å². The van der Waals surface area contributed by atoms with Gasteiger partial charge in [-0.15, -0.1) is 0 Å². The summed E-state index contributed by atoms with van der Waals surface area (Å²) in [4.78, 5) is 0. The van der Waals surface area contributed by atoms with Crippen LogP contribution in [0.3, 0.4) is 0 Å². The predicted octanol–water partition coefficient (Wildman–Crippen LogP) is 5.04.